The van der Waals surface area contributed by atoms with Crippen LogP contribution in [0.2, 0.25) is 0 Å². The van der Waals surface area contributed by atoms with Gasteiger partial charge in [-0.2, -0.15) is 4.98 Å². The van der Waals surface area contributed by atoms with Crippen LogP contribution in [-0.4, -0.2) is 48.3 Å². The predicted molar refractivity (Wildman–Crippen MR) is 148 cm³/mol. The van der Waals surface area contributed by atoms with Crippen molar-refractivity contribution >= 4 is 5.91 Å². The van der Waals surface area contributed by atoms with Gasteiger partial charge in [-0.25, -0.2) is 0 Å². The predicted octanol–water partition coefficient (Wildman–Crippen LogP) is 5.18. The summed E-state index contributed by atoms with van der Waals surface area (Å²) in [6, 6.07) is 23.8. The van der Waals surface area contributed by atoms with E-state index in [1.165, 1.54) is 5.56 Å². The third-order valence-electron chi connectivity index (χ3n) is 7.14. The number of rotatable bonds is 9. The molecule has 2 heterocycles. The molecule has 1 aliphatic heterocycles. The van der Waals surface area contributed by atoms with E-state index in [1.54, 1.807) is 14.2 Å². The Hall–Kier alpha value is -4.17. The van der Waals surface area contributed by atoms with Crippen molar-refractivity contribution in [2.24, 2.45) is 5.92 Å². The molecule has 1 N–H and O–H groups in total. The van der Waals surface area contributed by atoms with Gasteiger partial charge in [-0.3, -0.25) is 9.69 Å². The molecule has 8 heteroatoms. The number of carbonyl (C=O) groups excluding carboxylic acids is 1. The summed E-state index contributed by atoms with van der Waals surface area (Å²) in [6.07, 6.45) is 1.77. The molecule has 1 saturated heterocycles. The van der Waals surface area contributed by atoms with Gasteiger partial charge in [-0.1, -0.05) is 65.3 Å². The molecule has 1 amide bonds. The average Bonchev–Trinajstić information content (AvgIpc) is 3.44. The highest BCUT2D eigenvalue weighted by atomic mass is 16.5. The molecule has 0 bridgehead atoms. The monoisotopic (exact) mass is 526 g/mol. The van der Waals surface area contributed by atoms with Gasteiger partial charge >= 0.3 is 0 Å². The van der Waals surface area contributed by atoms with Crippen LogP contribution in [0.15, 0.2) is 77.3 Å². The molecule has 0 radical (unpaired) electrons. The first-order valence-corrected chi connectivity index (χ1v) is 13.2. The van der Waals surface area contributed by atoms with Crippen molar-refractivity contribution in [3.63, 3.8) is 0 Å². The molecule has 2 unspecified atom stereocenters. The standard InChI is InChI=1S/C31H34N4O4/c1-21-9-7-12-23(17-21)29(22-10-5-4-6-11-22)33-31(36)25-13-8-16-35(19-25)20-28-32-30(34-39-28)24-14-15-26(37-2)27(18-24)38-3/h4-7,9-12,14-15,17-18,25,29H,8,13,16,19-20H2,1-3H3,(H,33,36). The Bertz CT molecular complexity index is 1400. The maximum atomic E-state index is 13.5. The Morgan fingerprint density at radius 3 is 2.59 bits per heavy atom. The summed E-state index contributed by atoms with van der Waals surface area (Å²) in [5.74, 6) is 2.18. The topological polar surface area (TPSA) is 89.7 Å². The van der Waals surface area contributed by atoms with Gasteiger partial charge < -0.3 is 19.3 Å². The lowest BCUT2D eigenvalue weighted by atomic mass is 9.93. The molecule has 1 aromatic heterocycles. The van der Waals surface area contributed by atoms with Crippen LogP contribution >= 0.6 is 0 Å². The molecular weight excluding hydrogens is 492 g/mol. The van der Waals surface area contributed by atoms with Crippen molar-refractivity contribution < 1.29 is 18.8 Å². The van der Waals surface area contributed by atoms with Crippen LogP contribution in [0.25, 0.3) is 11.4 Å². The van der Waals surface area contributed by atoms with E-state index in [1.807, 2.05) is 42.5 Å². The highest BCUT2D eigenvalue weighted by molar-refractivity contribution is 5.80. The molecule has 2 atom stereocenters. The van der Waals surface area contributed by atoms with E-state index in [9.17, 15) is 4.79 Å². The second-order valence-electron chi connectivity index (χ2n) is 9.92. The summed E-state index contributed by atoms with van der Waals surface area (Å²) in [4.78, 5) is 20.3. The minimum absolute atomic E-state index is 0.0617. The fraction of sp³-hybridized carbons (Fsp3) is 0.323. The van der Waals surface area contributed by atoms with Gasteiger partial charge in [0.15, 0.2) is 11.5 Å². The Balaban J connectivity index is 1.26. The lowest BCUT2D eigenvalue weighted by Gasteiger charge is -2.32. The largest absolute Gasteiger partial charge is 0.493 e. The van der Waals surface area contributed by atoms with E-state index in [0.717, 1.165) is 36.1 Å². The van der Waals surface area contributed by atoms with Crippen LogP contribution in [0, 0.1) is 12.8 Å². The molecule has 8 nitrogen and oxygen atoms in total. The Morgan fingerprint density at radius 1 is 1.03 bits per heavy atom. The maximum absolute atomic E-state index is 13.5. The first-order valence-electron chi connectivity index (χ1n) is 13.2. The minimum atomic E-state index is -0.200. The number of likely N-dealkylation sites (tertiary alicyclic amines) is 1. The van der Waals surface area contributed by atoms with Crippen LogP contribution in [0.5, 0.6) is 11.5 Å². The van der Waals surface area contributed by atoms with Crippen molar-refractivity contribution in [3.8, 4) is 22.9 Å². The number of aromatic nitrogens is 2. The molecule has 0 aliphatic carbocycles. The molecule has 0 spiro atoms. The number of hydrogen-bond donors (Lipinski definition) is 1. The van der Waals surface area contributed by atoms with Gasteiger partial charge in [0.2, 0.25) is 17.6 Å². The molecule has 202 valence electrons. The van der Waals surface area contributed by atoms with E-state index in [-0.39, 0.29) is 17.9 Å². The summed E-state index contributed by atoms with van der Waals surface area (Å²) in [6.45, 7) is 4.07. The Morgan fingerprint density at radius 2 is 1.82 bits per heavy atom. The summed E-state index contributed by atoms with van der Waals surface area (Å²) < 4.78 is 16.3. The van der Waals surface area contributed by atoms with Gasteiger partial charge in [0.05, 0.1) is 32.7 Å². The lowest BCUT2D eigenvalue weighted by Crippen LogP contribution is -2.43. The van der Waals surface area contributed by atoms with E-state index < -0.39 is 0 Å². The van der Waals surface area contributed by atoms with Crippen molar-refractivity contribution in [1.82, 2.24) is 20.4 Å². The quantitative estimate of drug-likeness (QED) is 0.321. The highest BCUT2D eigenvalue weighted by Crippen LogP contribution is 2.31. The number of nitrogens with zero attached hydrogens (tertiary/aromatic N) is 3. The van der Waals surface area contributed by atoms with Crippen LogP contribution in [0.1, 0.15) is 41.5 Å². The van der Waals surface area contributed by atoms with E-state index in [2.05, 4.69) is 57.6 Å². The summed E-state index contributed by atoms with van der Waals surface area (Å²) in [7, 11) is 3.19. The molecule has 1 fully saturated rings. The third kappa shape index (κ3) is 6.29. The summed E-state index contributed by atoms with van der Waals surface area (Å²) >= 11 is 0. The molecule has 0 saturated carbocycles. The molecular formula is C31H34N4O4. The molecule has 1 aliphatic rings. The zero-order valence-electron chi connectivity index (χ0n) is 22.6. The van der Waals surface area contributed by atoms with Crippen molar-refractivity contribution in [2.75, 3.05) is 27.3 Å². The SMILES string of the molecule is COc1ccc(-c2noc(CN3CCCC(C(=O)NC(c4ccccc4)c4cccc(C)c4)C3)n2)cc1OC. The van der Waals surface area contributed by atoms with Crippen LogP contribution in [0.3, 0.4) is 0 Å². The van der Waals surface area contributed by atoms with Gasteiger partial charge in [0.25, 0.3) is 0 Å². The second kappa shape index (κ2) is 12.1. The van der Waals surface area contributed by atoms with Crippen LogP contribution in [-0.2, 0) is 11.3 Å². The number of hydrogen-bond acceptors (Lipinski definition) is 7. The zero-order chi connectivity index (χ0) is 27.2. The first-order chi connectivity index (χ1) is 19.0. The number of aryl methyl sites for hydroxylation is 1. The van der Waals surface area contributed by atoms with Gasteiger partial charge in [-0.15, -0.1) is 0 Å². The van der Waals surface area contributed by atoms with E-state index in [4.69, 9.17) is 14.0 Å². The van der Waals surface area contributed by atoms with Gasteiger partial charge in [-0.05, 0) is 55.6 Å². The molecule has 3 aromatic carbocycles. The number of carbonyl (C=O) groups is 1. The average molecular weight is 527 g/mol. The number of piperidine rings is 1. The number of ether oxygens (including phenoxy) is 2. The Labute approximate surface area is 228 Å². The van der Waals surface area contributed by atoms with E-state index >= 15 is 0 Å². The lowest BCUT2D eigenvalue weighted by molar-refractivity contribution is -0.127. The fourth-order valence-electron chi connectivity index (χ4n) is 5.13. The van der Waals surface area contributed by atoms with Gasteiger partial charge in [0.1, 0.15) is 0 Å². The van der Waals surface area contributed by atoms with Crippen molar-refractivity contribution in [3.05, 3.63) is 95.4 Å². The van der Waals surface area contributed by atoms with Crippen molar-refractivity contribution in [1.29, 1.82) is 0 Å². The summed E-state index contributed by atoms with van der Waals surface area (Å²) in [5.41, 5.74) is 4.09. The zero-order valence-corrected chi connectivity index (χ0v) is 22.6. The number of methoxy groups -OCH3 is 2. The van der Waals surface area contributed by atoms with Crippen LogP contribution < -0.4 is 14.8 Å². The fourth-order valence-corrected chi connectivity index (χ4v) is 5.13. The maximum Gasteiger partial charge on any atom is 0.241 e. The molecule has 5 rings (SSSR count). The van der Waals surface area contributed by atoms with E-state index in [0.29, 0.717) is 36.3 Å². The first kappa shape index (κ1) is 26.4. The normalized spacial score (nSPS) is 16.4. The minimum Gasteiger partial charge on any atom is -0.493 e. The van der Waals surface area contributed by atoms with Crippen molar-refractivity contribution in [2.45, 2.75) is 32.4 Å². The molecule has 4 aromatic rings. The number of amides is 1. The number of nitrogens with one attached hydrogen (secondary N) is 1. The second-order valence-corrected chi connectivity index (χ2v) is 9.92. The van der Waals surface area contributed by atoms with Gasteiger partial charge in [0, 0.05) is 12.1 Å². The highest BCUT2D eigenvalue weighted by Gasteiger charge is 2.29. The third-order valence-corrected chi connectivity index (χ3v) is 7.14. The summed E-state index contributed by atoms with van der Waals surface area (Å²) in [5, 5.41) is 7.50. The Kier molecular flexibility index (Phi) is 8.22. The molecule has 39 heavy (non-hydrogen) atoms. The smallest absolute Gasteiger partial charge is 0.241 e. The number of benzene rings is 3. The van der Waals surface area contributed by atoms with Crippen LogP contribution in [0.4, 0.5) is 0 Å².